The lowest BCUT2D eigenvalue weighted by molar-refractivity contribution is -0.116. The Morgan fingerprint density at radius 3 is 2.61 bits per heavy atom. The van der Waals surface area contributed by atoms with Gasteiger partial charge >= 0.3 is 0 Å². The van der Waals surface area contributed by atoms with Gasteiger partial charge in [0.05, 0.1) is 24.7 Å². The number of anilines is 1. The zero-order chi connectivity index (χ0) is 23.8. The highest BCUT2D eigenvalue weighted by Crippen LogP contribution is 2.27. The first kappa shape index (κ1) is 23.4. The van der Waals surface area contributed by atoms with Crippen molar-refractivity contribution in [3.63, 3.8) is 0 Å². The van der Waals surface area contributed by atoms with E-state index in [9.17, 15) is 21.6 Å². The van der Waals surface area contributed by atoms with Crippen molar-refractivity contribution in [3.8, 4) is 0 Å². The summed E-state index contributed by atoms with van der Waals surface area (Å²) in [6, 6.07) is 11.1. The molecule has 4 rings (SSSR count). The fraction of sp³-hybridized carbons (Fsp3) is 0.333. The third-order valence-corrected chi connectivity index (χ3v) is 8.78. The van der Waals surface area contributed by atoms with E-state index in [0.29, 0.717) is 30.0 Å². The number of benzene rings is 2. The topological polar surface area (TPSA) is 125 Å². The summed E-state index contributed by atoms with van der Waals surface area (Å²) in [6.45, 7) is 2.74. The summed E-state index contributed by atoms with van der Waals surface area (Å²) in [7, 11) is -5.96. The van der Waals surface area contributed by atoms with E-state index < -0.39 is 26.0 Å². The van der Waals surface area contributed by atoms with Crippen molar-refractivity contribution in [3.05, 3.63) is 53.6 Å². The molecule has 0 radical (unpaired) electrons. The predicted octanol–water partition coefficient (Wildman–Crippen LogP) is 1.04. The second-order valence-corrected chi connectivity index (χ2v) is 11.3. The number of fused-ring (bicyclic) bond motifs is 1. The highest BCUT2D eigenvalue weighted by atomic mass is 32.2. The molecule has 0 atom stereocenters. The maximum absolute atomic E-state index is 13.1. The first-order valence-corrected chi connectivity index (χ1v) is 13.1. The van der Waals surface area contributed by atoms with Crippen LogP contribution in [0.25, 0.3) is 0 Å². The van der Waals surface area contributed by atoms with Gasteiger partial charge in [-0.3, -0.25) is 4.79 Å². The number of sulfonamides is 2. The number of morpholine rings is 1. The molecule has 0 unspecified atom stereocenters. The van der Waals surface area contributed by atoms with Crippen molar-refractivity contribution in [2.45, 2.75) is 16.7 Å². The molecule has 0 spiro atoms. The number of likely N-dealkylation sites (N-methyl/N-ethyl adjacent to an activating group) is 1. The molecule has 1 N–H and O–H groups in total. The Morgan fingerprint density at radius 2 is 1.88 bits per heavy atom. The maximum Gasteiger partial charge on any atom is 0.285 e. The van der Waals surface area contributed by atoms with Crippen LogP contribution >= 0.6 is 0 Å². The largest absolute Gasteiger partial charge is 0.379 e. The molecule has 2 aliphatic heterocycles. The van der Waals surface area contributed by atoms with Gasteiger partial charge in [0.2, 0.25) is 15.9 Å². The molecule has 12 heteroatoms. The van der Waals surface area contributed by atoms with Crippen molar-refractivity contribution in [2.24, 2.45) is 4.40 Å². The van der Waals surface area contributed by atoms with Gasteiger partial charge in [0, 0.05) is 31.4 Å². The summed E-state index contributed by atoms with van der Waals surface area (Å²) in [5.74, 6) is -0.263. The lowest BCUT2D eigenvalue weighted by Crippen LogP contribution is -2.40. The number of ether oxygens (including phenoxy) is 1. The Hall–Kier alpha value is -2.80. The monoisotopic (exact) mass is 492 g/mol. The number of amidine groups is 1. The molecule has 1 fully saturated rings. The standard InChI is InChI=1S/C21H24N4O6S2/c1-15-7-8-16(13-19(15)33(29,30)25-9-11-31-12-10-25)22-20(26)14-24(2)21-17-5-3-4-6-18(17)32(27,28)23-21/h3-8,13H,9-12,14H2,1-2H3,(H,22,26). The Kier molecular flexibility index (Phi) is 6.27. The van der Waals surface area contributed by atoms with E-state index in [4.69, 9.17) is 4.74 Å². The van der Waals surface area contributed by atoms with Crippen molar-refractivity contribution in [2.75, 3.05) is 45.2 Å². The fourth-order valence-corrected chi connectivity index (χ4v) is 6.65. The van der Waals surface area contributed by atoms with Gasteiger partial charge in [0.15, 0.2) is 5.84 Å². The van der Waals surface area contributed by atoms with Gasteiger partial charge in [-0.25, -0.2) is 8.42 Å². The number of rotatable bonds is 5. The van der Waals surface area contributed by atoms with E-state index in [1.54, 1.807) is 44.3 Å². The van der Waals surface area contributed by atoms with Crippen LogP contribution in [0.15, 0.2) is 56.7 Å². The zero-order valence-corrected chi connectivity index (χ0v) is 19.8. The second-order valence-electron chi connectivity index (χ2n) is 7.79. The minimum Gasteiger partial charge on any atom is -0.379 e. The number of carbonyl (C=O) groups excluding carboxylic acids is 1. The molecule has 10 nitrogen and oxygen atoms in total. The van der Waals surface area contributed by atoms with Crippen LogP contribution in [-0.4, -0.2) is 77.7 Å². The molecule has 2 aliphatic rings. The van der Waals surface area contributed by atoms with Gasteiger partial charge in [0.25, 0.3) is 10.0 Å². The van der Waals surface area contributed by atoms with E-state index >= 15 is 0 Å². The van der Waals surface area contributed by atoms with Crippen LogP contribution in [0.1, 0.15) is 11.1 Å². The van der Waals surface area contributed by atoms with E-state index in [2.05, 4.69) is 9.71 Å². The normalized spacial score (nSPS) is 17.8. The number of nitrogens with zero attached hydrogens (tertiary/aromatic N) is 3. The number of carbonyl (C=O) groups is 1. The average Bonchev–Trinajstić information content (AvgIpc) is 3.07. The van der Waals surface area contributed by atoms with Crippen LogP contribution in [-0.2, 0) is 29.6 Å². The fourth-order valence-electron chi connectivity index (χ4n) is 3.74. The minimum absolute atomic E-state index is 0.101. The minimum atomic E-state index is -3.80. The van der Waals surface area contributed by atoms with Crippen LogP contribution in [0.5, 0.6) is 0 Å². The van der Waals surface area contributed by atoms with Crippen LogP contribution in [0.4, 0.5) is 5.69 Å². The smallest absolute Gasteiger partial charge is 0.285 e. The number of hydrogen-bond acceptors (Lipinski definition) is 7. The third kappa shape index (κ3) is 4.64. The highest BCUT2D eigenvalue weighted by Gasteiger charge is 2.31. The molecular formula is C21H24N4O6S2. The summed E-state index contributed by atoms with van der Waals surface area (Å²) >= 11 is 0. The van der Waals surface area contributed by atoms with E-state index in [-0.39, 0.29) is 35.3 Å². The number of aryl methyl sites for hydroxylation is 1. The average molecular weight is 493 g/mol. The van der Waals surface area contributed by atoms with E-state index in [0.717, 1.165) is 0 Å². The highest BCUT2D eigenvalue weighted by molar-refractivity contribution is 7.90. The molecule has 2 aromatic carbocycles. The predicted molar refractivity (Wildman–Crippen MR) is 122 cm³/mol. The van der Waals surface area contributed by atoms with Crippen molar-refractivity contribution in [1.29, 1.82) is 0 Å². The molecular weight excluding hydrogens is 468 g/mol. The SMILES string of the molecule is Cc1ccc(NC(=O)CN(C)C2=NS(=O)(=O)c3ccccc32)cc1S(=O)(=O)N1CCOCC1. The van der Waals surface area contributed by atoms with Gasteiger partial charge in [-0.2, -0.15) is 12.7 Å². The van der Waals surface area contributed by atoms with Crippen LogP contribution in [0, 0.1) is 6.92 Å². The number of hydrogen-bond donors (Lipinski definition) is 1. The number of amides is 1. The van der Waals surface area contributed by atoms with Crippen molar-refractivity contribution >= 4 is 37.5 Å². The van der Waals surface area contributed by atoms with Gasteiger partial charge in [-0.15, -0.1) is 4.40 Å². The Bertz CT molecular complexity index is 1330. The maximum atomic E-state index is 13.1. The van der Waals surface area contributed by atoms with Crippen LogP contribution in [0.2, 0.25) is 0 Å². The first-order chi connectivity index (χ1) is 15.6. The molecule has 1 amide bonds. The quantitative estimate of drug-likeness (QED) is 0.661. The van der Waals surface area contributed by atoms with Crippen LogP contribution < -0.4 is 5.32 Å². The lowest BCUT2D eigenvalue weighted by Gasteiger charge is -2.27. The second kappa shape index (κ2) is 8.86. The Labute approximate surface area is 193 Å². The molecule has 1 saturated heterocycles. The molecule has 0 bridgehead atoms. The molecule has 0 aliphatic carbocycles. The summed E-state index contributed by atoms with van der Waals surface area (Å²) in [6.07, 6.45) is 0. The van der Waals surface area contributed by atoms with Crippen molar-refractivity contribution in [1.82, 2.24) is 9.21 Å². The third-order valence-electron chi connectivity index (χ3n) is 5.41. The molecule has 176 valence electrons. The zero-order valence-electron chi connectivity index (χ0n) is 18.2. The molecule has 2 heterocycles. The number of nitrogens with one attached hydrogen (secondary N) is 1. The summed E-state index contributed by atoms with van der Waals surface area (Å²) in [5, 5.41) is 2.69. The van der Waals surface area contributed by atoms with E-state index in [1.807, 2.05) is 0 Å². The van der Waals surface area contributed by atoms with Gasteiger partial charge in [-0.05, 0) is 36.8 Å². The van der Waals surface area contributed by atoms with E-state index in [1.165, 1.54) is 21.3 Å². The molecule has 2 aromatic rings. The van der Waals surface area contributed by atoms with Crippen molar-refractivity contribution < 1.29 is 26.4 Å². The van der Waals surface area contributed by atoms with Gasteiger partial charge in [-0.1, -0.05) is 18.2 Å². The van der Waals surface area contributed by atoms with Crippen LogP contribution in [0.3, 0.4) is 0 Å². The summed E-state index contributed by atoms with van der Waals surface area (Å²) in [5.41, 5.74) is 1.33. The molecule has 0 saturated carbocycles. The summed E-state index contributed by atoms with van der Waals surface area (Å²) < 4.78 is 61.0. The Balaban J connectivity index is 1.50. The molecule has 0 aromatic heterocycles. The van der Waals surface area contributed by atoms with Gasteiger partial charge < -0.3 is 15.0 Å². The summed E-state index contributed by atoms with van der Waals surface area (Å²) in [4.78, 5) is 14.3. The van der Waals surface area contributed by atoms with Gasteiger partial charge in [0.1, 0.15) is 4.90 Å². The lowest BCUT2D eigenvalue weighted by atomic mass is 10.2. The Morgan fingerprint density at radius 1 is 1.18 bits per heavy atom. The molecule has 33 heavy (non-hydrogen) atoms. The first-order valence-electron chi connectivity index (χ1n) is 10.2.